The highest BCUT2D eigenvalue weighted by atomic mass is 16.5. The van der Waals surface area contributed by atoms with Crippen molar-refractivity contribution in [2.75, 3.05) is 13.7 Å². The Kier molecular flexibility index (Phi) is 5.48. The fourth-order valence-electron chi connectivity index (χ4n) is 1.53. The maximum Gasteiger partial charge on any atom is 0.124 e. The molecule has 0 aromatic heterocycles. The van der Waals surface area contributed by atoms with Gasteiger partial charge in [-0.1, -0.05) is 6.92 Å². The molecule has 3 nitrogen and oxygen atoms in total. The summed E-state index contributed by atoms with van der Waals surface area (Å²) in [5, 5.41) is 3.47. The van der Waals surface area contributed by atoms with E-state index in [9.17, 15) is 0 Å². The van der Waals surface area contributed by atoms with Crippen LogP contribution in [0.2, 0.25) is 0 Å². The van der Waals surface area contributed by atoms with Gasteiger partial charge in [-0.15, -0.1) is 0 Å². The van der Waals surface area contributed by atoms with Gasteiger partial charge in [-0.05, 0) is 45.4 Å². The van der Waals surface area contributed by atoms with E-state index < -0.39 is 0 Å². The molecule has 0 saturated carbocycles. The molecule has 1 aromatic carbocycles. The van der Waals surface area contributed by atoms with Crippen molar-refractivity contribution in [3.63, 3.8) is 0 Å². The minimum Gasteiger partial charge on any atom is -0.497 e. The molecule has 0 amide bonds. The molecule has 0 aliphatic carbocycles. The lowest BCUT2D eigenvalue weighted by Gasteiger charge is -2.22. The summed E-state index contributed by atoms with van der Waals surface area (Å²) >= 11 is 0. The van der Waals surface area contributed by atoms with Gasteiger partial charge in [-0.25, -0.2) is 0 Å². The van der Waals surface area contributed by atoms with Gasteiger partial charge >= 0.3 is 0 Å². The average molecular weight is 251 g/mol. The Hall–Kier alpha value is -1.22. The molecule has 0 aliphatic heterocycles. The van der Waals surface area contributed by atoms with Crippen molar-refractivity contribution in [1.29, 1.82) is 0 Å². The fraction of sp³-hybridized carbons (Fsp3) is 0.600. The summed E-state index contributed by atoms with van der Waals surface area (Å²) < 4.78 is 11.0. The molecule has 0 saturated heterocycles. The van der Waals surface area contributed by atoms with Crippen molar-refractivity contribution < 1.29 is 9.47 Å². The van der Waals surface area contributed by atoms with E-state index in [0.29, 0.717) is 0 Å². The molecule has 3 heteroatoms. The zero-order valence-corrected chi connectivity index (χ0v) is 12.2. The molecule has 18 heavy (non-hydrogen) atoms. The van der Waals surface area contributed by atoms with Crippen LogP contribution in [-0.2, 0) is 6.54 Å². The summed E-state index contributed by atoms with van der Waals surface area (Å²) in [6.07, 6.45) is 1.01. The molecule has 0 heterocycles. The van der Waals surface area contributed by atoms with Crippen LogP contribution >= 0.6 is 0 Å². The lowest BCUT2D eigenvalue weighted by Crippen LogP contribution is -2.35. The van der Waals surface area contributed by atoms with Gasteiger partial charge in [-0.3, -0.25) is 0 Å². The first-order chi connectivity index (χ1) is 8.46. The SMILES string of the molecule is CCCOc1ccc(OC)cc1CNC(C)(C)C. The van der Waals surface area contributed by atoms with Gasteiger partial charge in [0.15, 0.2) is 0 Å². The van der Waals surface area contributed by atoms with Gasteiger partial charge < -0.3 is 14.8 Å². The predicted molar refractivity (Wildman–Crippen MR) is 75.4 cm³/mol. The first-order valence-corrected chi connectivity index (χ1v) is 6.51. The van der Waals surface area contributed by atoms with E-state index in [2.05, 4.69) is 33.0 Å². The molecule has 0 fully saturated rings. The largest absolute Gasteiger partial charge is 0.497 e. The molecular weight excluding hydrogens is 226 g/mol. The van der Waals surface area contributed by atoms with Crippen LogP contribution in [0.5, 0.6) is 11.5 Å². The van der Waals surface area contributed by atoms with Crippen LogP contribution in [0.1, 0.15) is 39.7 Å². The third-order valence-electron chi connectivity index (χ3n) is 2.54. The normalized spacial score (nSPS) is 11.4. The lowest BCUT2D eigenvalue weighted by atomic mass is 10.1. The van der Waals surface area contributed by atoms with Gasteiger partial charge in [-0.2, -0.15) is 0 Å². The smallest absolute Gasteiger partial charge is 0.124 e. The molecule has 0 atom stereocenters. The molecule has 0 aliphatic rings. The van der Waals surface area contributed by atoms with E-state index in [1.54, 1.807) is 7.11 Å². The van der Waals surface area contributed by atoms with Crippen LogP contribution in [0.4, 0.5) is 0 Å². The van der Waals surface area contributed by atoms with Crippen molar-refractivity contribution in [3.05, 3.63) is 23.8 Å². The summed E-state index contributed by atoms with van der Waals surface area (Å²) in [6, 6.07) is 5.95. The molecular formula is C15H25NO2. The van der Waals surface area contributed by atoms with Crippen LogP contribution in [0.3, 0.4) is 0 Å². The van der Waals surface area contributed by atoms with E-state index >= 15 is 0 Å². The van der Waals surface area contributed by atoms with E-state index in [-0.39, 0.29) is 5.54 Å². The summed E-state index contributed by atoms with van der Waals surface area (Å²) in [4.78, 5) is 0. The topological polar surface area (TPSA) is 30.5 Å². The monoisotopic (exact) mass is 251 g/mol. The number of hydrogen-bond donors (Lipinski definition) is 1. The molecule has 0 spiro atoms. The minimum absolute atomic E-state index is 0.0884. The second kappa shape index (κ2) is 6.64. The highest BCUT2D eigenvalue weighted by Gasteiger charge is 2.11. The zero-order valence-electron chi connectivity index (χ0n) is 12.2. The maximum absolute atomic E-state index is 5.76. The van der Waals surface area contributed by atoms with Crippen molar-refractivity contribution >= 4 is 0 Å². The highest BCUT2D eigenvalue weighted by molar-refractivity contribution is 5.40. The molecule has 0 unspecified atom stereocenters. The van der Waals surface area contributed by atoms with Gasteiger partial charge in [0, 0.05) is 17.6 Å². The predicted octanol–water partition coefficient (Wildman–Crippen LogP) is 3.37. The lowest BCUT2D eigenvalue weighted by molar-refractivity contribution is 0.310. The van der Waals surface area contributed by atoms with Crippen LogP contribution in [0, 0.1) is 0 Å². The number of rotatable bonds is 6. The molecule has 102 valence electrons. The standard InChI is InChI=1S/C15H25NO2/c1-6-9-18-14-8-7-13(17-5)10-12(14)11-16-15(2,3)4/h7-8,10,16H,6,9,11H2,1-5H3. The van der Waals surface area contributed by atoms with Crippen molar-refractivity contribution in [1.82, 2.24) is 5.32 Å². The van der Waals surface area contributed by atoms with Gasteiger partial charge in [0.25, 0.3) is 0 Å². The van der Waals surface area contributed by atoms with Crippen LogP contribution < -0.4 is 14.8 Å². The number of methoxy groups -OCH3 is 1. The van der Waals surface area contributed by atoms with Crippen molar-refractivity contribution in [3.8, 4) is 11.5 Å². The van der Waals surface area contributed by atoms with E-state index in [1.807, 2.05) is 18.2 Å². The van der Waals surface area contributed by atoms with E-state index in [0.717, 1.165) is 36.6 Å². The number of nitrogens with one attached hydrogen (secondary N) is 1. The quantitative estimate of drug-likeness (QED) is 0.841. The Morgan fingerprint density at radius 2 is 1.94 bits per heavy atom. The van der Waals surface area contributed by atoms with Crippen molar-refractivity contribution in [2.24, 2.45) is 0 Å². The summed E-state index contributed by atoms with van der Waals surface area (Å²) in [5.74, 6) is 1.80. The number of hydrogen-bond acceptors (Lipinski definition) is 3. The zero-order chi connectivity index (χ0) is 13.6. The Morgan fingerprint density at radius 3 is 2.50 bits per heavy atom. The highest BCUT2D eigenvalue weighted by Crippen LogP contribution is 2.24. The minimum atomic E-state index is 0.0884. The third-order valence-corrected chi connectivity index (χ3v) is 2.54. The number of ether oxygens (including phenoxy) is 2. The van der Waals surface area contributed by atoms with Crippen LogP contribution in [-0.4, -0.2) is 19.3 Å². The number of benzene rings is 1. The summed E-state index contributed by atoms with van der Waals surface area (Å²) in [5.41, 5.74) is 1.23. The average Bonchev–Trinajstić information content (AvgIpc) is 2.33. The molecule has 1 N–H and O–H groups in total. The van der Waals surface area contributed by atoms with Gasteiger partial charge in [0.2, 0.25) is 0 Å². The second-order valence-corrected chi connectivity index (χ2v) is 5.43. The summed E-state index contributed by atoms with van der Waals surface area (Å²) in [6.45, 7) is 10.1. The Balaban J connectivity index is 2.82. The first-order valence-electron chi connectivity index (χ1n) is 6.51. The first kappa shape index (κ1) is 14.8. The fourth-order valence-corrected chi connectivity index (χ4v) is 1.53. The Bertz CT molecular complexity index is 369. The second-order valence-electron chi connectivity index (χ2n) is 5.43. The molecule has 1 rings (SSSR count). The van der Waals surface area contributed by atoms with Crippen LogP contribution in [0.15, 0.2) is 18.2 Å². The molecule has 0 radical (unpaired) electrons. The van der Waals surface area contributed by atoms with Crippen LogP contribution in [0.25, 0.3) is 0 Å². The van der Waals surface area contributed by atoms with Gasteiger partial charge in [0.1, 0.15) is 11.5 Å². The van der Waals surface area contributed by atoms with Crippen molar-refractivity contribution in [2.45, 2.75) is 46.2 Å². The Morgan fingerprint density at radius 1 is 1.22 bits per heavy atom. The van der Waals surface area contributed by atoms with E-state index in [4.69, 9.17) is 9.47 Å². The Labute approximate surface area is 110 Å². The maximum atomic E-state index is 5.76. The third kappa shape index (κ3) is 4.96. The van der Waals surface area contributed by atoms with Gasteiger partial charge in [0.05, 0.1) is 13.7 Å². The summed E-state index contributed by atoms with van der Waals surface area (Å²) in [7, 11) is 1.68. The molecule has 1 aromatic rings. The van der Waals surface area contributed by atoms with E-state index in [1.165, 1.54) is 0 Å². The molecule has 0 bridgehead atoms.